The van der Waals surface area contributed by atoms with E-state index in [4.69, 9.17) is 9.15 Å². The summed E-state index contributed by atoms with van der Waals surface area (Å²) in [6, 6.07) is 21.4. The van der Waals surface area contributed by atoms with E-state index >= 15 is 0 Å². The quantitative estimate of drug-likeness (QED) is 0.385. The van der Waals surface area contributed by atoms with Crippen molar-refractivity contribution in [3.8, 4) is 17.0 Å². The molecule has 0 bridgehead atoms. The monoisotopic (exact) mass is 400 g/mol. The third-order valence-electron chi connectivity index (χ3n) is 4.75. The van der Waals surface area contributed by atoms with Gasteiger partial charge in [-0.3, -0.25) is 0 Å². The van der Waals surface area contributed by atoms with Crippen molar-refractivity contribution in [1.82, 2.24) is 4.98 Å². The lowest BCUT2D eigenvalue weighted by molar-refractivity contribution is 0.415. The van der Waals surface area contributed by atoms with Gasteiger partial charge in [0, 0.05) is 21.8 Å². The van der Waals surface area contributed by atoms with Crippen LogP contribution in [0.15, 0.2) is 81.3 Å². The van der Waals surface area contributed by atoms with Gasteiger partial charge in [0.15, 0.2) is 5.13 Å². The van der Waals surface area contributed by atoms with Crippen molar-refractivity contribution in [3.05, 3.63) is 82.5 Å². The Balaban J connectivity index is 1.52. The summed E-state index contributed by atoms with van der Waals surface area (Å²) in [6.45, 7) is 0. The van der Waals surface area contributed by atoms with Crippen molar-refractivity contribution in [3.63, 3.8) is 0 Å². The van der Waals surface area contributed by atoms with Crippen LogP contribution < -0.4 is 15.7 Å². The molecule has 2 heterocycles. The Morgan fingerprint density at radius 3 is 2.76 bits per heavy atom. The molecule has 0 saturated carbocycles. The van der Waals surface area contributed by atoms with Gasteiger partial charge in [0.25, 0.3) is 0 Å². The van der Waals surface area contributed by atoms with E-state index in [1.54, 1.807) is 25.3 Å². The fourth-order valence-electron chi connectivity index (χ4n) is 3.31. The molecule has 2 aromatic heterocycles. The first-order valence-corrected chi connectivity index (χ1v) is 9.92. The lowest BCUT2D eigenvalue weighted by Gasteiger charge is -2.07. The fraction of sp³-hybridized carbons (Fsp3) is 0.0435. The number of aromatic nitrogens is 1. The average molecular weight is 400 g/mol. The largest absolute Gasteiger partial charge is 0.497 e. The second-order valence-electron chi connectivity index (χ2n) is 6.54. The van der Waals surface area contributed by atoms with E-state index in [1.807, 2.05) is 35.7 Å². The normalized spacial score (nSPS) is 11.1. The molecule has 5 rings (SSSR count). The number of benzene rings is 3. The number of nitrogens with one attached hydrogen (secondary N) is 1. The van der Waals surface area contributed by atoms with Crippen LogP contribution in [0.2, 0.25) is 0 Å². The van der Waals surface area contributed by atoms with Crippen molar-refractivity contribution in [2.45, 2.75) is 0 Å². The Hall–Kier alpha value is -3.64. The van der Waals surface area contributed by atoms with E-state index in [-0.39, 0.29) is 0 Å². The second kappa shape index (κ2) is 7.07. The highest BCUT2D eigenvalue weighted by Crippen LogP contribution is 2.31. The smallest absolute Gasteiger partial charge is 0.345 e. The molecular formula is C23H16N2O3S. The van der Waals surface area contributed by atoms with Gasteiger partial charge in [0.2, 0.25) is 0 Å². The molecule has 0 saturated heterocycles. The Morgan fingerprint density at radius 2 is 1.86 bits per heavy atom. The molecule has 0 radical (unpaired) electrons. The van der Waals surface area contributed by atoms with E-state index in [2.05, 4.69) is 28.5 Å². The Morgan fingerprint density at radius 1 is 1.00 bits per heavy atom. The SMILES string of the molecule is COc1ccc2oc(=O)c(-c3csc(Nc4cccc5ccccc45)n3)cc2c1. The molecule has 0 atom stereocenters. The molecule has 5 aromatic rings. The highest BCUT2D eigenvalue weighted by Gasteiger charge is 2.13. The van der Waals surface area contributed by atoms with Gasteiger partial charge in [-0.15, -0.1) is 11.3 Å². The zero-order valence-electron chi connectivity index (χ0n) is 15.5. The molecule has 5 nitrogen and oxygen atoms in total. The molecule has 0 spiro atoms. The molecular weight excluding hydrogens is 384 g/mol. The van der Waals surface area contributed by atoms with Crippen molar-refractivity contribution < 1.29 is 9.15 Å². The van der Waals surface area contributed by atoms with Crippen molar-refractivity contribution >= 4 is 43.9 Å². The Kier molecular flexibility index (Phi) is 4.26. The van der Waals surface area contributed by atoms with Gasteiger partial charge in [-0.1, -0.05) is 36.4 Å². The fourth-order valence-corrected chi connectivity index (χ4v) is 4.03. The molecule has 142 valence electrons. The summed E-state index contributed by atoms with van der Waals surface area (Å²) >= 11 is 1.44. The molecule has 0 aliphatic rings. The highest BCUT2D eigenvalue weighted by molar-refractivity contribution is 7.14. The molecule has 0 fully saturated rings. The van der Waals surface area contributed by atoms with Crippen molar-refractivity contribution in [2.24, 2.45) is 0 Å². The number of hydrogen-bond acceptors (Lipinski definition) is 6. The van der Waals surface area contributed by atoms with Gasteiger partial charge in [-0.2, -0.15) is 0 Å². The van der Waals surface area contributed by atoms with Crippen LogP contribution in [-0.4, -0.2) is 12.1 Å². The first-order chi connectivity index (χ1) is 14.2. The van der Waals surface area contributed by atoms with E-state index < -0.39 is 5.63 Å². The van der Waals surface area contributed by atoms with Gasteiger partial charge in [-0.25, -0.2) is 9.78 Å². The number of fused-ring (bicyclic) bond motifs is 2. The number of hydrogen-bond donors (Lipinski definition) is 1. The minimum Gasteiger partial charge on any atom is -0.497 e. The Labute approximate surface area is 170 Å². The number of rotatable bonds is 4. The number of ether oxygens (including phenoxy) is 1. The second-order valence-corrected chi connectivity index (χ2v) is 7.40. The third-order valence-corrected chi connectivity index (χ3v) is 5.51. The Bertz CT molecular complexity index is 1400. The predicted octanol–water partition coefficient (Wildman–Crippen LogP) is 5.82. The highest BCUT2D eigenvalue weighted by atomic mass is 32.1. The van der Waals surface area contributed by atoms with E-state index in [9.17, 15) is 4.79 Å². The van der Waals surface area contributed by atoms with Crippen LogP contribution in [0, 0.1) is 0 Å². The number of nitrogens with zero attached hydrogens (tertiary/aromatic N) is 1. The lowest BCUT2D eigenvalue weighted by atomic mass is 10.1. The molecule has 1 N–H and O–H groups in total. The van der Waals surface area contributed by atoms with Crippen LogP contribution in [-0.2, 0) is 0 Å². The molecule has 0 unspecified atom stereocenters. The van der Waals surface area contributed by atoms with Crippen LogP contribution in [0.25, 0.3) is 33.0 Å². The van der Waals surface area contributed by atoms with Gasteiger partial charge in [0.05, 0.1) is 18.4 Å². The van der Waals surface area contributed by atoms with E-state index in [1.165, 1.54) is 11.3 Å². The van der Waals surface area contributed by atoms with Gasteiger partial charge in [-0.05, 0) is 35.7 Å². The van der Waals surface area contributed by atoms with E-state index in [0.29, 0.717) is 27.7 Å². The zero-order valence-corrected chi connectivity index (χ0v) is 16.3. The van der Waals surface area contributed by atoms with Gasteiger partial charge in [0.1, 0.15) is 11.3 Å². The summed E-state index contributed by atoms with van der Waals surface area (Å²) in [6.07, 6.45) is 0. The van der Waals surface area contributed by atoms with Crippen molar-refractivity contribution in [1.29, 1.82) is 0 Å². The summed E-state index contributed by atoms with van der Waals surface area (Å²) < 4.78 is 10.7. The number of anilines is 2. The predicted molar refractivity (Wildman–Crippen MR) is 117 cm³/mol. The summed E-state index contributed by atoms with van der Waals surface area (Å²) in [7, 11) is 1.60. The summed E-state index contributed by atoms with van der Waals surface area (Å²) in [4.78, 5) is 17.1. The molecule has 0 aliphatic carbocycles. The summed E-state index contributed by atoms with van der Waals surface area (Å²) in [5, 5.41) is 8.98. The molecule has 0 amide bonds. The van der Waals surface area contributed by atoms with Crippen LogP contribution in [0.1, 0.15) is 0 Å². The molecule has 0 aliphatic heterocycles. The zero-order chi connectivity index (χ0) is 19.8. The minimum atomic E-state index is -0.412. The molecule has 6 heteroatoms. The van der Waals surface area contributed by atoms with Crippen LogP contribution >= 0.6 is 11.3 Å². The van der Waals surface area contributed by atoms with Crippen molar-refractivity contribution in [2.75, 3.05) is 12.4 Å². The minimum absolute atomic E-state index is 0.412. The molecule has 3 aromatic carbocycles. The first-order valence-electron chi connectivity index (χ1n) is 9.04. The summed E-state index contributed by atoms with van der Waals surface area (Å²) in [5.74, 6) is 0.703. The molecule has 29 heavy (non-hydrogen) atoms. The number of methoxy groups -OCH3 is 1. The average Bonchev–Trinajstić information content (AvgIpc) is 3.21. The van der Waals surface area contributed by atoms with Crippen LogP contribution in [0.3, 0.4) is 0 Å². The maximum Gasteiger partial charge on any atom is 0.345 e. The van der Waals surface area contributed by atoms with Gasteiger partial charge < -0.3 is 14.5 Å². The lowest BCUT2D eigenvalue weighted by Crippen LogP contribution is -2.03. The topological polar surface area (TPSA) is 64.4 Å². The van der Waals surface area contributed by atoms with Crippen LogP contribution in [0.4, 0.5) is 10.8 Å². The van der Waals surface area contributed by atoms with E-state index in [0.717, 1.165) is 21.8 Å². The first kappa shape index (κ1) is 17.5. The number of thiazole rings is 1. The summed E-state index contributed by atoms with van der Waals surface area (Å²) in [5.41, 5.74) is 2.08. The third kappa shape index (κ3) is 3.23. The van der Waals surface area contributed by atoms with Gasteiger partial charge >= 0.3 is 5.63 Å². The standard InChI is InChI=1S/C23H16N2O3S/c1-27-16-9-10-21-15(11-16)12-18(22(26)28-21)20-13-29-23(25-20)24-19-8-4-6-14-5-2-3-7-17(14)19/h2-13H,1H3,(H,24,25). The van der Waals surface area contributed by atoms with Crippen LogP contribution in [0.5, 0.6) is 5.75 Å². The maximum absolute atomic E-state index is 12.5. The maximum atomic E-state index is 12.5.